The van der Waals surface area contributed by atoms with Crippen molar-refractivity contribution in [1.82, 2.24) is 14.7 Å². The number of hydrogen-bond acceptors (Lipinski definition) is 9. The van der Waals surface area contributed by atoms with Crippen molar-refractivity contribution < 1.29 is 49.8 Å². The van der Waals surface area contributed by atoms with Gasteiger partial charge in [-0.3, -0.25) is 10.1 Å². The Morgan fingerprint density at radius 1 is 0.968 bits per heavy atom. The highest BCUT2D eigenvalue weighted by Gasteiger charge is 2.20. The van der Waals surface area contributed by atoms with Crippen molar-refractivity contribution in [2.24, 2.45) is 0 Å². The Balaban J connectivity index is 1.97. The van der Waals surface area contributed by atoms with Gasteiger partial charge in [0.2, 0.25) is 17.7 Å². The highest BCUT2D eigenvalue weighted by molar-refractivity contribution is 7.90. The highest BCUT2D eigenvalue weighted by Crippen LogP contribution is 2.21. The maximum Gasteiger partial charge on any atom is 0.421 e. The van der Waals surface area contributed by atoms with E-state index in [1.54, 1.807) is 10.8 Å². The first-order valence-electron chi connectivity index (χ1n) is 7.88. The first-order valence-corrected chi connectivity index (χ1v) is 9.36. The quantitative estimate of drug-likeness (QED) is 0.526. The minimum atomic E-state index is -4.26. The zero-order valence-electron chi connectivity index (χ0n) is 15.0. The third kappa shape index (κ3) is 7.92. The summed E-state index contributed by atoms with van der Waals surface area (Å²) in [7, 11) is -4.26. The van der Waals surface area contributed by atoms with Crippen LogP contribution in [0.1, 0.15) is 0 Å². The lowest BCUT2D eigenvalue weighted by Gasteiger charge is -2.10. The fraction of sp³-hybridized carbons (Fsp3) is 0.200. The molecule has 16 heteroatoms. The summed E-state index contributed by atoms with van der Waals surface area (Å²) < 4.78 is 86.9. The summed E-state index contributed by atoms with van der Waals surface area (Å²) in [6.45, 7) is -7.79. The molecular weight excluding hydrogens is 456 g/mol. The van der Waals surface area contributed by atoms with Gasteiger partial charge in [0, 0.05) is 0 Å². The maximum absolute atomic E-state index is 12.3. The molecule has 0 saturated heterocycles. The Bertz CT molecular complexity index is 997. The van der Waals surface area contributed by atoms with Crippen molar-refractivity contribution in [2.45, 2.75) is 18.1 Å². The van der Waals surface area contributed by atoms with Crippen LogP contribution in [0.25, 0.3) is 0 Å². The SMILES string of the molecule is O=C(COC(=O)NS(=O)(=O)c1ccccc1)Nc1nc(OC(F)F)cc(OC(F)F)n1. The molecule has 0 spiro atoms. The summed E-state index contributed by atoms with van der Waals surface area (Å²) in [5.74, 6) is -3.75. The molecule has 31 heavy (non-hydrogen) atoms. The molecule has 168 valence electrons. The van der Waals surface area contributed by atoms with Gasteiger partial charge in [0.25, 0.3) is 15.9 Å². The molecule has 1 aromatic carbocycles. The number of amides is 2. The van der Waals surface area contributed by atoms with Gasteiger partial charge < -0.3 is 14.2 Å². The molecule has 0 bridgehead atoms. The third-order valence-electron chi connectivity index (χ3n) is 2.96. The normalized spacial score (nSPS) is 11.2. The van der Waals surface area contributed by atoms with E-state index in [-0.39, 0.29) is 4.90 Å². The van der Waals surface area contributed by atoms with Gasteiger partial charge in [-0.25, -0.2) is 17.9 Å². The van der Waals surface area contributed by atoms with Crippen LogP contribution < -0.4 is 19.5 Å². The van der Waals surface area contributed by atoms with E-state index in [1.807, 2.05) is 5.32 Å². The molecule has 2 rings (SSSR count). The van der Waals surface area contributed by atoms with Crippen LogP contribution >= 0.6 is 0 Å². The number of ether oxygens (including phenoxy) is 3. The highest BCUT2D eigenvalue weighted by atomic mass is 32.2. The standard InChI is InChI=1S/C15H12F4N4O7S/c16-12(17)29-10-6-11(30-13(18)19)22-14(21-10)20-9(24)7-28-15(25)23-31(26,27)8-4-2-1-3-5-8/h1-6,12-13H,7H2,(H,23,25)(H,20,21,22,24). The first-order chi connectivity index (χ1) is 14.5. The first kappa shape index (κ1) is 23.6. The van der Waals surface area contributed by atoms with Gasteiger partial charge in [-0.15, -0.1) is 0 Å². The Morgan fingerprint density at radius 2 is 1.52 bits per heavy atom. The average molecular weight is 468 g/mol. The fourth-order valence-corrected chi connectivity index (χ4v) is 2.76. The van der Waals surface area contributed by atoms with Gasteiger partial charge in [-0.05, 0) is 12.1 Å². The molecule has 0 aliphatic rings. The molecule has 11 nitrogen and oxygen atoms in total. The van der Waals surface area contributed by atoms with Gasteiger partial charge in [-0.2, -0.15) is 27.5 Å². The number of halogens is 4. The van der Waals surface area contributed by atoms with Crippen molar-refractivity contribution >= 4 is 28.0 Å². The topological polar surface area (TPSA) is 146 Å². The number of carbonyl (C=O) groups excluding carboxylic acids is 2. The summed E-state index contributed by atoms with van der Waals surface area (Å²) in [4.78, 5) is 29.8. The van der Waals surface area contributed by atoms with Crippen LogP contribution in [0.4, 0.5) is 28.3 Å². The molecule has 0 aliphatic carbocycles. The van der Waals surface area contributed by atoms with E-state index in [2.05, 4.69) is 24.2 Å². The van der Waals surface area contributed by atoms with Crippen molar-refractivity contribution in [1.29, 1.82) is 0 Å². The lowest BCUT2D eigenvalue weighted by Crippen LogP contribution is -2.33. The van der Waals surface area contributed by atoms with E-state index < -0.39 is 59.6 Å². The molecule has 0 aliphatic heterocycles. The molecule has 2 N–H and O–H groups in total. The van der Waals surface area contributed by atoms with Crippen molar-refractivity contribution in [3.63, 3.8) is 0 Å². The lowest BCUT2D eigenvalue weighted by atomic mass is 10.4. The fourth-order valence-electron chi connectivity index (χ4n) is 1.85. The number of carbonyl (C=O) groups is 2. The molecule has 1 aromatic heterocycles. The van der Waals surface area contributed by atoms with E-state index in [4.69, 9.17) is 0 Å². The number of aromatic nitrogens is 2. The van der Waals surface area contributed by atoms with Crippen LogP contribution in [0.2, 0.25) is 0 Å². The number of anilines is 1. The molecular formula is C15H12F4N4O7S. The Morgan fingerprint density at radius 3 is 2.03 bits per heavy atom. The number of hydrogen-bond donors (Lipinski definition) is 2. The third-order valence-corrected chi connectivity index (χ3v) is 4.28. The second-order valence-corrected chi connectivity index (χ2v) is 6.85. The number of nitrogens with zero attached hydrogens (tertiary/aromatic N) is 2. The molecule has 0 radical (unpaired) electrons. The zero-order valence-corrected chi connectivity index (χ0v) is 15.8. The van der Waals surface area contributed by atoms with Crippen molar-refractivity contribution in [3.8, 4) is 11.8 Å². The minimum Gasteiger partial charge on any atom is -0.439 e. The monoisotopic (exact) mass is 468 g/mol. The van der Waals surface area contributed by atoms with E-state index >= 15 is 0 Å². The van der Waals surface area contributed by atoms with Crippen LogP contribution in [0.3, 0.4) is 0 Å². The largest absolute Gasteiger partial charge is 0.439 e. The van der Waals surface area contributed by atoms with E-state index in [1.165, 1.54) is 24.3 Å². The predicted octanol–water partition coefficient (Wildman–Crippen LogP) is 1.73. The van der Waals surface area contributed by atoms with Gasteiger partial charge >= 0.3 is 19.3 Å². The van der Waals surface area contributed by atoms with Gasteiger partial charge in [0.05, 0.1) is 11.0 Å². The van der Waals surface area contributed by atoms with Crippen molar-refractivity contribution in [3.05, 3.63) is 36.4 Å². The molecule has 1 heterocycles. The smallest absolute Gasteiger partial charge is 0.421 e. The second kappa shape index (κ2) is 10.4. The van der Waals surface area contributed by atoms with Crippen LogP contribution in [0, 0.1) is 0 Å². The number of sulfonamides is 1. The average Bonchev–Trinajstić information content (AvgIpc) is 2.65. The molecule has 0 atom stereocenters. The molecule has 0 saturated carbocycles. The Labute approximate surface area is 171 Å². The van der Waals surface area contributed by atoms with Crippen LogP contribution in [0.15, 0.2) is 41.3 Å². The van der Waals surface area contributed by atoms with Gasteiger partial charge in [-0.1, -0.05) is 18.2 Å². The summed E-state index contributed by atoms with van der Waals surface area (Å²) in [5, 5.41) is 1.85. The van der Waals surface area contributed by atoms with Crippen LogP contribution in [0.5, 0.6) is 11.8 Å². The van der Waals surface area contributed by atoms with Gasteiger partial charge in [0.1, 0.15) is 0 Å². The lowest BCUT2D eigenvalue weighted by molar-refractivity contribution is -0.118. The summed E-state index contributed by atoms with van der Waals surface area (Å²) >= 11 is 0. The van der Waals surface area contributed by atoms with E-state index in [0.29, 0.717) is 6.07 Å². The summed E-state index contributed by atoms with van der Waals surface area (Å²) in [6, 6.07) is 7.28. The van der Waals surface area contributed by atoms with Crippen LogP contribution in [-0.4, -0.2) is 50.2 Å². The zero-order chi connectivity index (χ0) is 23.0. The number of rotatable bonds is 9. The van der Waals surface area contributed by atoms with E-state index in [9.17, 15) is 35.6 Å². The number of nitrogens with one attached hydrogen (secondary N) is 2. The second-order valence-electron chi connectivity index (χ2n) is 5.17. The number of alkyl halides is 4. The Kier molecular flexibility index (Phi) is 7.89. The van der Waals surface area contributed by atoms with Crippen LogP contribution in [-0.2, 0) is 19.6 Å². The molecule has 0 unspecified atom stereocenters. The maximum atomic E-state index is 12.3. The van der Waals surface area contributed by atoms with Crippen molar-refractivity contribution in [2.75, 3.05) is 11.9 Å². The molecule has 0 fully saturated rings. The van der Waals surface area contributed by atoms with Gasteiger partial charge in [0.15, 0.2) is 6.61 Å². The summed E-state index contributed by atoms with van der Waals surface area (Å²) in [5.41, 5.74) is 0. The minimum absolute atomic E-state index is 0.243. The number of benzene rings is 1. The summed E-state index contributed by atoms with van der Waals surface area (Å²) in [6.07, 6.45) is -1.50. The molecule has 2 aromatic rings. The predicted molar refractivity (Wildman–Crippen MR) is 92.0 cm³/mol. The van der Waals surface area contributed by atoms with E-state index in [0.717, 1.165) is 0 Å². The Hall–Kier alpha value is -3.69. The molecule has 2 amide bonds.